The monoisotopic (exact) mass is 792 g/mol. The molecule has 0 aliphatic carbocycles. The molecule has 0 radical (unpaired) electrons. The second-order valence-electron chi connectivity index (χ2n) is 11.9. The average molecular weight is 794 g/mol. The SMILES string of the molecule is [O-][Cl+3]([O-])([O-])[O-].[O-][Cl+3]([O-])([O-])[O-].c1ccc([P+](CCCCC[P+](c2ccccc2)(c2ccccc2)c2ccccc2)(c2ccccc2)c2ccccc2)cc1. The van der Waals surface area contributed by atoms with Gasteiger partial charge in [-0.25, -0.2) is 37.3 Å². The highest BCUT2D eigenvalue weighted by Gasteiger charge is 2.46. The molecular formula is C41H40Cl2O8P2. The van der Waals surface area contributed by atoms with Crippen LogP contribution in [0.25, 0.3) is 0 Å². The minimum Gasteiger partial charge on any atom is -0.222 e. The lowest BCUT2D eigenvalue weighted by molar-refractivity contribution is -2.00. The fourth-order valence-corrected chi connectivity index (χ4v) is 15.5. The van der Waals surface area contributed by atoms with Crippen LogP contribution in [0.1, 0.15) is 19.3 Å². The summed E-state index contributed by atoms with van der Waals surface area (Å²) in [7, 11) is -13.5. The molecule has 0 saturated carbocycles. The molecule has 0 heterocycles. The Morgan fingerprint density at radius 1 is 0.264 bits per heavy atom. The van der Waals surface area contributed by atoms with Gasteiger partial charge in [0.15, 0.2) is 0 Å². The zero-order valence-corrected chi connectivity index (χ0v) is 32.1. The van der Waals surface area contributed by atoms with Crippen molar-refractivity contribution in [2.45, 2.75) is 19.3 Å². The number of rotatable bonds is 12. The van der Waals surface area contributed by atoms with Gasteiger partial charge in [0.05, 0.1) is 12.3 Å². The second-order valence-corrected chi connectivity index (χ2v) is 20.6. The number of hydrogen-bond acceptors (Lipinski definition) is 8. The number of hydrogen-bond donors (Lipinski definition) is 0. The third kappa shape index (κ3) is 12.8. The molecule has 53 heavy (non-hydrogen) atoms. The highest BCUT2D eigenvalue weighted by atomic mass is 35.7. The molecule has 0 fully saturated rings. The van der Waals surface area contributed by atoms with Crippen molar-refractivity contribution < 1.29 is 57.8 Å². The summed E-state index contributed by atoms with van der Waals surface area (Å²) in [5.74, 6) is 0. The van der Waals surface area contributed by atoms with E-state index < -0.39 is 35.0 Å². The van der Waals surface area contributed by atoms with Gasteiger partial charge in [-0.15, -0.1) is 20.5 Å². The van der Waals surface area contributed by atoms with Gasteiger partial charge in [-0.1, -0.05) is 109 Å². The lowest BCUT2D eigenvalue weighted by Crippen LogP contribution is -2.68. The molecule has 276 valence electrons. The second kappa shape index (κ2) is 20.2. The molecule has 0 aromatic heterocycles. The average Bonchev–Trinajstić information content (AvgIpc) is 3.16. The van der Waals surface area contributed by atoms with E-state index in [1.807, 2.05) is 0 Å². The van der Waals surface area contributed by atoms with E-state index >= 15 is 0 Å². The van der Waals surface area contributed by atoms with E-state index in [1.54, 1.807) is 0 Å². The van der Waals surface area contributed by atoms with Gasteiger partial charge in [0.25, 0.3) is 0 Å². The Hall–Kier alpha value is -3.56. The van der Waals surface area contributed by atoms with Gasteiger partial charge >= 0.3 is 0 Å². The van der Waals surface area contributed by atoms with E-state index in [9.17, 15) is 0 Å². The fourth-order valence-electron chi connectivity index (χ4n) is 6.64. The molecule has 0 spiro atoms. The zero-order valence-electron chi connectivity index (χ0n) is 28.8. The van der Waals surface area contributed by atoms with Gasteiger partial charge in [-0.3, -0.25) is 0 Å². The van der Waals surface area contributed by atoms with Crippen molar-refractivity contribution in [3.8, 4) is 0 Å². The number of halogens is 2. The molecule has 0 unspecified atom stereocenters. The Morgan fingerprint density at radius 2 is 0.415 bits per heavy atom. The molecule has 0 aliphatic heterocycles. The van der Waals surface area contributed by atoms with E-state index in [-0.39, 0.29) is 0 Å². The summed E-state index contributed by atoms with van der Waals surface area (Å²) < 4.78 is 67.9. The molecule has 0 aliphatic rings. The van der Waals surface area contributed by atoms with Crippen molar-refractivity contribution in [1.29, 1.82) is 0 Å². The summed E-state index contributed by atoms with van der Waals surface area (Å²) >= 11 is 0. The molecule has 6 aromatic carbocycles. The summed E-state index contributed by atoms with van der Waals surface area (Å²) in [5, 5.41) is 8.87. The van der Waals surface area contributed by atoms with Gasteiger partial charge in [0.2, 0.25) is 0 Å². The van der Waals surface area contributed by atoms with Gasteiger partial charge < -0.3 is 0 Å². The zero-order chi connectivity index (χ0) is 38.2. The van der Waals surface area contributed by atoms with Crippen LogP contribution in [0.2, 0.25) is 0 Å². The molecule has 6 rings (SSSR count). The van der Waals surface area contributed by atoms with Crippen LogP contribution in [-0.4, -0.2) is 12.3 Å². The van der Waals surface area contributed by atoms with Crippen molar-refractivity contribution in [3.63, 3.8) is 0 Å². The van der Waals surface area contributed by atoms with E-state index in [0.717, 1.165) is 0 Å². The van der Waals surface area contributed by atoms with Crippen molar-refractivity contribution >= 4 is 46.4 Å². The highest BCUT2D eigenvalue weighted by Crippen LogP contribution is 2.58. The summed E-state index contributed by atoms with van der Waals surface area (Å²) in [6, 6.07) is 67.9. The number of unbranched alkanes of at least 4 members (excludes halogenated alkanes) is 2. The van der Waals surface area contributed by atoms with Gasteiger partial charge in [0, 0.05) is 0 Å². The van der Waals surface area contributed by atoms with E-state index in [2.05, 4.69) is 182 Å². The Morgan fingerprint density at radius 3 is 0.566 bits per heavy atom. The summed E-state index contributed by atoms with van der Waals surface area (Å²) in [6.45, 7) is 0. The maximum absolute atomic E-state index is 8.49. The first kappa shape index (κ1) is 42.2. The van der Waals surface area contributed by atoms with Crippen molar-refractivity contribution in [2.24, 2.45) is 0 Å². The van der Waals surface area contributed by atoms with Gasteiger partial charge in [-0.2, -0.15) is 0 Å². The first-order valence-corrected chi connectivity index (χ1v) is 23.1. The van der Waals surface area contributed by atoms with Crippen molar-refractivity contribution in [2.75, 3.05) is 12.3 Å². The van der Waals surface area contributed by atoms with Crippen LogP contribution < -0.4 is 69.1 Å². The minimum absolute atomic E-state index is 1.18. The Balaban J connectivity index is 0.000000556. The molecule has 6 aromatic rings. The normalized spacial score (nSPS) is 11.8. The molecule has 8 nitrogen and oxygen atoms in total. The van der Waals surface area contributed by atoms with Crippen LogP contribution in [0.4, 0.5) is 0 Å². The summed E-state index contributed by atoms with van der Waals surface area (Å²) in [4.78, 5) is 0. The quantitative estimate of drug-likeness (QED) is 0.107. The Kier molecular flexibility index (Phi) is 16.1. The molecular weight excluding hydrogens is 753 g/mol. The fraction of sp³-hybridized carbons (Fsp3) is 0.122. The minimum atomic E-state index is -4.94. The van der Waals surface area contributed by atoms with Crippen LogP contribution in [0.5, 0.6) is 0 Å². The smallest absolute Gasteiger partial charge is 0.112 e. The third-order valence-electron chi connectivity index (χ3n) is 8.67. The maximum atomic E-state index is 8.49. The van der Waals surface area contributed by atoms with Crippen LogP contribution >= 0.6 is 14.5 Å². The topological polar surface area (TPSA) is 184 Å². The van der Waals surface area contributed by atoms with Crippen LogP contribution in [0.3, 0.4) is 0 Å². The van der Waals surface area contributed by atoms with Crippen LogP contribution in [0.15, 0.2) is 182 Å². The van der Waals surface area contributed by atoms with E-state index in [4.69, 9.17) is 37.3 Å². The first-order chi connectivity index (χ1) is 25.3. The lowest BCUT2D eigenvalue weighted by atomic mass is 10.3. The van der Waals surface area contributed by atoms with E-state index in [1.165, 1.54) is 63.4 Å². The lowest BCUT2D eigenvalue weighted by Gasteiger charge is -2.29. The molecule has 12 heteroatoms. The third-order valence-corrected chi connectivity index (χ3v) is 17.7. The van der Waals surface area contributed by atoms with Crippen molar-refractivity contribution in [1.82, 2.24) is 0 Å². The Labute approximate surface area is 316 Å². The van der Waals surface area contributed by atoms with Gasteiger partial charge in [0.1, 0.15) is 46.4 Å². The predicted octanol–water partition coefficient (Wildman–Crippen LogP) is -1.37. The summed E-state index contributed by atoms with van der Waals surface area (Å²) in [6.07, 6.45) is 5.97. The molecule has 0 amide bonds. The van der Waals surface area contributed by atoms with Crippen molar-refractivity contribution in [3.05, 3.63) is 182 Å². The molecule has 0 N–H and O–H groups in total. The standard InChI is InChI=1S/C41H40P2.2ClHO4/c1-8-22-36(23-9-1)42(37-24-10-2-11-25-37,38-26-12-3-13-27-38)34-20-7-21-35-43(39-28-14-4-15-29-39,40-30-16-5-17-31-40)41-32-18-6-19-33-41;2*2-1(3,4)5/h1-6,8-19,22-33H,7,20-21,34-35H2;2*(H,2,3,4,5)/q+2;;/p-2. The predicted molar refractivity (Wildman–Crippen MR) is 194 cm³/mol. The van der Waals surface area contributed by atoms with E-state index in [0.29, 0.717) is 0 Å². The highest BCUT2D eigenvalue weighted by molar-refractivity contribution is 7.96. The molecule has 0 atom stereocenters. The molecule has 0 saturated heterocycles. The first-order valence-electron chi connectivity index (χ1n) is 16.7. The maximum Gasteiger partial charge on any atom is 0.112 e. The van der Waals surface area contributed by atoms with Crippen LogP contribution in [-0.2, 0) is 0 Å². The summed E-state index contributed by atoms with van der Waals surface area (Å²) in [5.41, 5.74) is 0. The Bertz CT molecular complexity index is 1540. The number of benzene rings is 6. The largest absolute Gasteiger partial charge is 0.222 e. The molecule has 0 bridgehead atoms. The van der Waals surface area contributed by atoms with Crippen LogP contribution in [0, 0.1) is 20.5 Å². The van der Waals surface area contributed by atoms with Gasteiger partial charge in [-0.05, 0) is 92.1 Å².